The van der Waals surface area contributed by atoms with Crippen molar-refractivity contribution >= 4 is 5.97 Å². The molecule has 0 aliphatic heterocycles. The van der Waals surface area contributed by atoms with Crippen LogP contribution >= 0.6 is 0 Å². The number of esters is 1. The molecule has 0 heterocycles. The second-order valence-corrected chi connectivity index (χ2v) is 4.82. The second kappa shape index (κ2) is 7.17. The summed E-state index contributed by atoms with van der Waals surface area (Å²) in [6.45, 7) is 5.83. The number of ether oxygens (including phenoxy) is 1. The number of benzene rings is 1. The number of unbranched alkanes of at least 4 members (excludes halogenated alkanes) is 1. The van der Waals surface area contributed by atoms with Gasteiger partial charge in [0.2, 0.25) is 0 Å². The largest absolute Gasteiger partial charge is 0.459 e. The molecule has 3 nitrogen and oxygen atoms in total. The molecule has 1 atom stereocenters. The molecule has 0 aromatic heterocycles. The van der Waals surface area contributed by atoms with Crippen molar-refractivity contribution in [1.82, 2.24) is 0 Å². The molecule has 3 heteroatoms. The van der Waals surface area contributed by atoms with Crippen LogP contribution in [-0.4, -0.2) is 12.1 Å². The third-order valence-electron chi connectivity index (χ3n) is 2.79. The lowest BCUT2D eigenvalue weighted by molar-refractivity contribution is 0.0378. The first-order valence-corrected chi connectivity index (χ1v) is 6.61. The highest BCUT2D eigenvalue weighted by Gasteiger charge is 2.10. The number of carbonyl (C=O) groups excluding carboxylic acids is 1. The molecule has 1 rings (SSSR count). The molecule has 1 aromatic rings. The van der Waals surface area contributed by atoms with E-state index >= 15 is 0 Å². The van der Waals surface area contributed by atoms with E-state index in [1.807, 2.05) is 26.0 Å². The third-order valence-corrected chi connectivity index (χ3v) is 2.79. The molecular formula is C15H23NO2. The van der Waals surface area contributed by atoms with E-state index in [0.717, 1.165) is 24.8 Å². The maximum atomic E-state index is 11.7. The smallest absolute Gasteiger partial charge is 0.338 e. The minimum Gasteiger partial charge on any atom is -0.459 e. The van der Waals surface area contributed by atoms with Crippen LogP contribution in [0.5, 0.6) is 0 Å². The molecule has 1 aromatic carbocycles. The van der Waals surface area contributed by atoms with Gasteiger partial charge in [0.25, 0.3) is 0 Å². The summed E-state index contributed by atoms with van der Waals surface area (Å²) in [5, 5.41) is 0. The lowest BCUT2D eigenvalue weighted by Crippen LogP contribution is -2.13. The highest BCUT2D eigenvalue weighted by molar-refractivity contribution is 5.89. The summed E-state index contributed by atoms with van der Waals surface area (Å²) in [6, 6.07) is 7.45. The fourth-order valence-corrected chi connectivity index (χ4v) is 1.74. The van der Waals surface area contributed by atoms with Crippen molar-refractivity contribution in [1.29, 1.82) is 0 Å². The third kappa shape index (κ3) is 4.49. The van der Waals surface area contributed by atoms with Crippen LogP contribution in [0.4, 0.5) is 0 Å². The van der Waals surface area contributed by atoms with Gasteiger partial charge in [0.05, 0.1) is 11.7 Å². The lowest BCUT2D eigenvalue weighted by atomic mass is 10.0. The summed E-state index contributed by atoms with van der Waals surface area (Å²) in [5.74, 6) is -0.279. The van der Waals surface area contributed by atoms with E-state index in [-0.39, 0.29) is 18.1 Å². The summed E-state index contributed by atoms with van der Waals surface area (Å²) < 4.78 is 5.13. The van der Waals surface area contributed by atoms with Gasteiger partial charge < -0.3 is 10.5 Å². The molecule has 0 amide bonds. The SMILES string of the molecule is CCCC[C@@H](N)c1ccc(C(=O)OC(C)C)cc1. The predicted octanol–water partition coefficient (Wildman–Crippen LogP) is 3.44. The van der Waals surface area contributed by atoms with Gasteiger partial charge in [-0.1, -0.05) is 31.9 Å². The van der Waals surface area contributed by atoms with Gasteiger partial charge in [0, 0.05) is 6.04 Å². The first-order chi connectivity index (χ1) is 8.54. The van der Waals surface area contributed by atoms with Gasteiger partial charge in [-0.25, -0.2) is 4.79 Å². The zero-order chi connectivity index (χ0) is 13.5. The highest BCUT2D eigenvalue weighted by Crippen LogP contribution is 2.17. The van der Waals surface area contributed by atoms with Crippen molar-refractivity contribution in [2.75, 3.05) is 0 Å². The molecule has 0 saturated heterocycles. The van der Waals surface area contributed by atoms with Crippen molar-refractivity contribution in [2.45, 2.75) is 52.2 Å². The molecule has 0 bridgehead atoms. The monoisotopic (exact) mass is 249 g/mol. The Morgan fingerprint density at radius 2 is 1.89 bits per heavy atom. The van der Waals surface area contributed by atoms with Crippen molar-refractivity contribution in [2.24, 2.45) is 5.73 Å². The minimum atomic E-state index is -0.279. The average molecular weight is 249 g/mol. The molecule has 0 fully saturated rings. The van der Waals surface area contributed by atoms with Gasteiger partial charge in [-0.05, 0) is 38.0 Å². The summed E-state index contributed by atoms with van der Waals surface area (Å²) >= 11 is 0. The first kappa shape index (κ1) is 14.7. The Balaban J connectivity index is 2.64. The molecule has 2 N–H and O–H groups in total. The van der Waals surface area contributed by atoms with Gasteiger partial charge in [-0.2, -0.15) is 0 Å². The van der Waals surface area contributed by atoms with Crippen LogP contribution in [0.1, 0.15) is 62.0 Å². The number of rotatable bonds is 6. The zero-order valence-electron chi connectivity index (χ0n) is 11.5. The molecule has 100 valence electrons. The maximum Gasteiger partial charge on any atom is 0.338 e. The summed E-state index contributed by atoms with van der Waals surface area (Å²) in [7, 11) is 0. The quantitative estimate of drug-likeness (QED) is 0.786. The topological polar surface area (TPSA) is 52.3 Å². The van der Waals surface area contributed by atoms with E-state index in [0.29, 0.717) is 5.56 Å². The van der Waals surface area contributed by atoms with Crippen LogP contribution in [0.25, 0.3) is 0 Å². The lowest BCUT2D eigenvalue weighted by Gasteiger charge is -2.12. The van der Waals surface area contributed by atoms with E-state index in [2.05, 4.69) is 6.92 Å². The van der Waals surface area contributed by atoms with E-state index in [1.165, 1.54) is 0 Å². The fourth-order valence-electron chi connectivity index (χ4n) is 1.74. The van der Waals surface area contributed by atoms with Crippen LogP contribution < -0.4 is 5.73 Å². The Bertz CT molecular complexity index is 371. The highest BCUT2D eigenvalue weighted by atomic mass is 16.5. The Morgan fingerprint density at radius 3 is 2.39 bits per heavy atom. The molecular weight excluding hydrogens is 226 g/mol. The fraction of sp³-hybridized carbons (Fsp3) is 0.533. The van der Waals surface area contributed by atoms with Crippen LogP contribution in [0, 0.1) is 0 Å². The van der Waals surface area contributed by atoms with Crippen molar-refractivity contribution < 1.29 is 9.53 Å². The van der Waals surface area contributed by atoms with Gasteiger partial charge >= 0.3 is 5.97 Å². The molecule has 0 saturated carbocycles. The Labute approximate surface area is 109 Å². The zero-order valence-corrected chi connectivity index (χ0v) is 11.5. The summed E-state index contributed by atoms with van der Waals surface area (Å²) in [5.41, 5.74) is 7.72. The van der Waals surface area contributed by atoms with Crippen molar-refractivity contribution in [3.8, 4) is 0 Å². The standard InChI is InChI=1S/C15H23NO2/c1-4-5-6-14(16)12-7-9-13(10-8-12)15(17)18-11(2)3/h7-11,14H,4-6,16H2,1-3H3/t14-/m1/s1. The number of carbonyl (C=O) groups is 1. The van der Waals surface area contributed by atoms with Crippen molar-refractivity contribution in [3.05, 3.63) is 35.4 Å². The van der Waals surface area contributed by atoms with Crippen molar-refractivity contribution in [3.63, 3.8) is 0 Å². The number of hydrogen-bond acceptors (Lipinski definition) is 3. The summed E-state index contributed by atoms with van der Waals surface area (Å²) in [6.07, 6.45) is 3.15. The van der Waals surface area contributed by atoms with E-state index in [9.17, 15) is 4.79 Å². The second-order valence-electron chi connectivity index (χ2n) is 4.82. The van der Waals surface area contributed by atoms with Crippen LogP contribution in [-0.2, 0) is 4.74 Å². The minimum absolute atomic E-state index is 0.0557. The Morgan fingerprint density at radius 1 is 1.28 bits per heavy atom. The van der Waals surface area contributed by atoms with Gasteiger partial charge in [-0.15, -0.1) is 0 Å². The van der Waals surface area contributed by atoms with E-state index in [4.69, 9.17) is 10.5 Å². The molecule has 0 radical (unpaired) electrons. The molecule has 0 unspecified atom stereocenters. The normalized spacial score (nSPS) is 12.5. The maximum absolute atomic E-state index is 11.7. The number of hydrogen-bond donors (Lipinski definition) is 1. The molecule has 0 aliphatic rings. The van der Waals surface area contributed by atoms with Gasteiger partial charge in [0.15, 0.2) is 0 Å². The van der Waals surface area contributed by atoms with Crippen LogP contribution in [0.2, 0.25) is 0 Å². The summed E-state index contributed by atoms with van der Waals surface area (Å²) in [4.78, 5) is 11.7. The van der Waals surface area contributed by atoms with E-state index < -0.39 is 0 Å². The van der Waals surface area contributed by atoms with Crippen LogP contribution in [0.3, 0.4) is 0 Å². The number of nitrogens with two attached hydrogens (primary N) is 1. The van der Waals surface area contributed by atoms with Crippen LogP contribution in [0.15, 0.2) is 24.3 Å². The van der Waals surface area contributed by atoms with Gasteiger partial charge in [-0.3, -0.25) is 0 Å². The average Bonchev–Trinajstić information content (AvgIpc) is 2.35. The Kier molecular flexibility index (Phi) is 5.86. The van der Waals surface area contributed by atoms with E-state index in [1.54, 1.807) is 12.1 Å². The molecule has 18 heavy (non-hydrogen) atoms. The molecule has 0 spiro atoms. The predicted molar refractivity (Wildman–Crippen MR) is 73.4 cm³/mol. The Hall–Kier alpha value is -1.35. The van der Waals surface area contributed by atoms with Gasteiger partial charge in [0.1, 0.15) is 0 Å². The first-order valence-electron chi connectivity index (χ1n) is 6.61. The molecule has 0 aliphatic carbocycles.